The zero-order valence-electron chi connectivity index (χ0n) is 17.4. The van der Waals surface area contributed by atoms with Crippen LogP contribution < -0.4 is 0 Å². The van der Waals surface area contributed by atoms with Crippen LogP contribution in [0.25, 0.3) is 0 Å². The molecule has 4 aliphatic carbocycles. The number of esters is 1. The molecular weight excluding hydrogens is 334 g/mol. The van der Waals surface area contributed by atoms with Crippen LogP contribution in [-0.4, -0.2) is 12.6 Å². The first-order valence-electron chi connectivity index (χ1n) is 11.3. The number of ether oxygens (including phenoxy) is 1. The molecule has 0 amide bonds. The van der Waals surface area contributed by atoms with Gasteiger partial charge in [-0.05, 0) is 98.4 Å². The van der Waals surface area contributed by atoms with Crippen molar-refractivity contribution >= 4 is 5.97 Å². The fourth-order valence-corrected chi connectivity index (χ4v) is 7.96. The van der Waals surface area contributed by atoms with Crippen molar-refractivity contribution in [1.82, 2.24) is 0 Å². The molecule has 4 aliphatic rings. The second kappa shape index (κ2) is 6.94. The summed E-state index contributed by atoms with van der Waals surface area (Å²) < 4.78 is 5.21. The van der Waals surface area contributed by atoms with Crippen molar-refractivity contribution in [2.75, 3.05) is 6.61 Å². The number of hydrogen-bond acceptors (Lipinski definition) is 3. The fraction of sp³-hybridized carbons (Fsp3) is 0.833. The van der Waals surface area contributed by atoms with Gasteiger partial charge in [-0.1, -0.05) is 26.7 Å². The van der Waals surface area contributed by atoms with Crippen LogP contribution in [0.15, 0.2) is 11.1 Å². The van der Waals surface area contributed by atoms with Crippen molar-refractivity contribution in [1.29, 1.82) is 5.26 Å². The van der Waals surface area contributed by atoms with Gasteiger partial charge < -0.3 is 4.74 Å². The second-order valence-electron chi connectivity index (χ2n) is 10.1. The molecule has 0 radical (unpaired) electrons. The molecule has 3 heteroatoms. The summed E-state index contributed by atoms with van der Waals surface area (Å²) in [6, 6.07) is 2.22. The molecule has 6 atom stereocenters. The summed E-state index contributed by atoms with van der Waals surface area (Å²) in [6.07, 6.45) is 12.9. The molecule has 0 unspecified atom stereocenters. The van der Waals surface area contributed by atoms with E-state index in [2.05, 4.69) is 19.9 Å². The molecule has 148 valence electrons. The molecule has 27 heavy (non-hydrogen) atoms. The van der Waals surface area contributed by atoms with Crippen LogP contribution in [0.2, 0.25) is 0 Å². The van der Waals surface area contributed by atoms with E-state index in [1.807, 2.05) is 6.92 Å². The van der Waals surface area contributed by atoms with Gasteiger partial charge in [-0.25, -0.2) is 4.79 Å². The molecule has 0 aromatic carbocycles. The highest BCUT2D eigenvalue weighted by molar-refractivity contribution is 5.94. The normalized spacial score (nSPS) is 45.1. The molecule has 0 heterocycles. The average molecular weight is 370 g/mol. The average Bonchev–Trinajstić information content (AvgIpc) is 2.99. The molecule has 3 nitrogen and oxygen atoms in total. The Kier molecular flexibility index (Phi) is 4.90. The predicted octanol–water partition coefficient (Wildman–Crippen LogP) is 5.80. The molecule has 0 aromatic heterocycles. The lowest BCUT2D eigenvalue weighted by Crippen LogP contribution is -2.52. The lowest BCUT2D eigenvalue weighted by molar-refractivity contribution is -0.138. The zero-order valence-corrected chi connectivity index (χ0v) is 17.4. The molecule has 0 N–H and O–H groups in total. The maximum absolute atomic E-state index is 12.4. The third kappa shape index (κ3) is 2.78. The number of nitrogens with zero attached hydrogens (tertiary/aromatic N) is 1. The van der Waals surface area contributed by atoms with Crippen LogP contribution in [0, 0.1) is 45.8 Å². The van der Waals surface area contributed by atoms with E-state index in [0.29, 0.717) is 23.5 Å². The monoisotopic (exact) mass is 369 g/mol. The maximum atomic E-state index is 12.4. The van der Waals surface area contributed by atoms with Crippen molar-refractivity contribution in [3.05, 3.63) is 11.1 Å². The summed E-state index contributed by atoms with van der Waals surface area (Å²) >= 11 is 0. The standard InChI is InChI=1S/C24H35NO2/c1-4-27-22(26)18(15-25)20-11-10-19-17-9-8-16-7-5-6-13-23(16,2)21(17)12-14-24(19,20)3/h16-17,19,21H,4-14H2,1-3H3/b20-18-/t16-,17-,19-,21-,23-,24-/m0/s1. The number of nitriles is 1. The van der Waals surface area contributed by atoms with Gasteiger partial charge in [-0.15, -0.1) is 0 Å². The number of rotatable bonds is 2. The second-order valence-corrected chi connectivity index (χ2v) is 10.1. The van der Waals surface area contributed by atoms with E-state index in [1.54, 1.807) is 0 Å². The largest absolute Gasteiger partial charge is 0.462 e. The molecule has 0 spiro atoms. The van der Waals surface area contributed by atoms with Gasteiger partial charge in [-0.2, -0.15) is 5.26 Å². The van der Waals surface area contributed by atoms with Gasteiger partial charge >= 0.3 is 5.97 Å². The van der Waals surface area contributed by atoms with Crippen molar-refractivity contribution in [3.63, 3.8) is 0 Å². The van der Waals surface area contributed by atoms with Crippen LogP contribution >= 0.6 is 0 Å². The molecule has 0 aliphatic heterocycles. The Balaban J connectivity index is 1.65. The molecule has 0 bridgehead atoms. The highest BCUT2D eigenvalue weighted by Crippen LogP contribution is 2.67. The van der Waals surface area contributed by atoms with E-state index in [-0.39, 0.29) is 5.41 Å². The molecule has 4 rings (SSSR count). The third-order valence-electron chi connectivity index (χ3n) is 9.26. The Bertz CT molecular complexity index is 689. The summed E-state index contributed by atoms with van der Waals surface area (Å²) in [4.78, 5) is 12.4. The van der Waals surface area contributed by atoms with E-state index in [9.17, 15) is 10.1 Å². The first-order valence-corrected chi connectivity index (χ1v) is 11.3. The Morgan fingerprint density at radius 2 is 1.93 bits per heavy atom. The fourth-order valence-electron chi connectivity index (χ4n) is 7.96. The highest BCUT2D eigenvalue weighted by atomic mass is 16.5. The molecule has 0 saturated heterocycles. The smallest absolute Gasteiger partial charge is 0.348 e. The van der Waals surface area contributed by atoms with Crippen LogP contribution in [0.4, 0.5) is 0 Å². The lowest BCUT2D eigenvalue weighted by atomic mass is 9.45. The SMILES string of the molecule is CCOC(=O)/C(C#N)=C1/CC[C@H]2[C@@H]3CC[C@@H]4CCCC[C@]4(C)[C@H]3CC[C@]12C. The minimum absolute atomic E-state index is 0.0247. The van der Waals surface area contributed by atoms with Crippen LogP contribution in [0.1, 0.15) is 85.0 Å². The van der Waals surface area contributed by atoms with Crippen LogP contribution in [0.5, 0.6) is 0 Å². The van der Waals surface area contributed by atoms with E-state index in [1.165, 1.54) is 44.9 Å². The number of allylic oxidation sites excluding steroid dienone is 1. The van der Waals surface area contributed by atoms with E-state index in [0.717, 1.165) is 42.6 Å². The van der Waals surface area contributed by atoms with Crippen LogP contribution in [0.3, 0.4) is 0 Å². The van der Waals surface area contributed by atoms with E-state index < -0.39 is 5.97 Å². The Morgan fingerprint density at radius 3 is 2.67 bits per heavy atom. The lowest BCUT2D eigenvalue weighted by Gasteiger charge is -2.60. The molecule has 4 saturated carbocycles. The van der Waals surface area contributed by atoms with Gasteiger partial charge in [0.15, 0.2) is 0 Å². The summed E-state index contributed by atoms with van der Waals surface area (Å²) in [6.45, 7) is 7.09. The highest BCUT2D eigenvalue weighted by Gasteiger charge is 2.59. The van der Waals surface area contributed by atoms with E-state index in [4.69, 9.17) is 4.74 Å². The van der Waals surface area contributed by atoms with Crippen molar-refractivity contribution in [2.45, 2.75) is 85.0 Å². The first kappa shape index (κ1) is 19.0. The molecule has 0 aromatic rings. The number of carbonyl (C=O) groups is 1. The zero-order chi connectivity index (χ0) is 19.2. The Morgan fingerprint density at radius 1 is 1.11 bits per heavy atom. The van der Waals surface area contributed by atoms with Gasteiger partial charge in [0, 0.05) is 0 Å². The maximum Gasteiger partial charge on any atom is 0.348 e. The summed E-state index contributed by atoms with van der Waals surface area (Å²) in [5.74, 6) is 2.80. The van der Waals surface area contributed by atoms with Crippen molar-refractivity contribution in [3.8, 4) is 6.07 Å². The van der Waals surface area contributed by atoms with Crippen LogP contribution in [-0.2, 0) is 9.53 Å². The predicted molar refractivity (Wildman–Crippen MR) is 106 cm³/mol. The minimum atomic E-state index is -0.401. The van der Waals surface area contributed by atoms with E-state index >= 15 is 0 Å². The number of hydrogen-bond donors (Lipinski definition) is 0. The summed E-state index contributed by atoms with van der Waals surface area (Å²) in [7, 11) is 0. The number of fused-ring (bicyclic) bond motifs is 5. The van der Waals surface area contributed by atoms with Crippen molar-refractivity contribution < 1.29 is 9.53 Å². The summed E-state index contributed by atoms with van der Waals surface area (Å²) in [5.41, 5.74) is 1.99. The van der Waals surface area contributed by atoms with Gasteiger partial charge in [0.2, 0.25) is 0 Å². The van der Waals surface area contributed by atoms with Crippen molar-refractivity contribution in [2.24, 2.45) is 34.5 Å². The minimum Gasteiger partial charge on any atom is -0.462 e. The molecule has 4 fully saturated rings. The topological polar surface area (TPSA) is 50.1 Å². The molecular formula is C24H35NO2. The third-order valence-corrected chi connectivity index (χ3v) is 9.26. The van der Waals surface area contributed by atoms with Gasteiger partial charge in [0.05, 0.1) is 6.61 Å². The number of carbonyl (C=O) groups excluding carboxylic acids is 1. The van der Waals surface area contributed by atoms with Gasteiger partial charge in [0.25, 0.3) is 0 Å². The first-order chi connectivity index (χ1) is 13.0. The summed E-state index contributed by atoms with van der Waals surface area (Å²) in [5, 5.41) is 9.71. The van der Waals surface area contributed by atoms with Gasteiger partial charge in [0.1, 0.15) is 11.6 Å². The Hall–Kier alpha value is -1.30. The van der Waals surface area contributed by atoms with Gasteiger partial charge in [-0.3, -0.25) is 0 Å². The quantitative estimate of drug-likeness (QED) is 0.351. The Labute approximate surface area is 164 Å².